The van der Waals surface area contributed by atoms with Crippen LogP contribution in [0.5, 0.6) is 0 Å². The minimum Gasteiger partial charge on any atom is -0.311 e. The summed E-state index contributed by atoms with van der Waals surface area (Å²) in [6.07, 6.45) is 0. The Bertz CT molecular complexity index is 2890. The van der Waals surface area contributed by atoms with Crippen molar-refractivity contribution in [3.05, 3.63) is 224 Å². The normalized spacial score (nSPS) is 12.5. The van der Waals surface area contributed by atoms with Crippen molar-refractivity contribution in [2.24, 2.45) is 0 Å². The van der Waals surface area contributed by atoms with Crippen molar-refractivity contribution in [3.8, 4) is 44.5 Å². The van der Waals surface area contributed by atoms with E-state index >= 15 is 0 Å². The van der Waals surface area contributed by atoms with Crippen LogP contribution in [0.3, 0.4) is 0 Å². The number of nitrogens with zero attached hydrogens (tertiary/aromatic N) is 2. The van der Waals surface area contributed by atoms with Gasteiger partial charge in [0.05, 0.1) is 0 Å². The molecule has 0 radical (unpaired) electrons. The first kappa shape index (κ1) is 33.0. The van der Waals surface area contributed by atoms with E-state index in [-0.39, 0.29) is 6.71 Å². The van der Waals surface area contributed by atoms with Crippen molar-refractivity contribution in [1.82, 2.24) is 0 Å². The number of benzene rings is 9. The fourth-order valence-electron chi connectivity index (χ4n) is 9.17. The van der Waals surface area contributed by atoms with Crippen LogP contribution in [0.1, 0.15) is 0 Å². The summed E-state index contributed by atoms with van der Waals surface area (Å²) in [7, 11) is 0. The van der Waals surface area contributed by atoms with Gasteiger partial charge in [-0.1, -0.05) is 176 Å². The van der Waals surface area contributed by atoms with Gasteiger partial charge in [-0.25, -0.2) is 0 Å². The van der Waals surface area contributed by atoms with Crippen LogP contribution in [0.2, 0.25) is 0 Å². The average molecular weight is 725 g/mol. The molecule has 2 nitrogen and oxygen atoms in total. The number of hydrogen-bond donors (Lipinski definition) is 0. The van der Waals surface area contributed by atoms with Gasteiger partial charge >= 0.3 is 0 Å². The third kappa shape index (κ3) is 5.51. The second kappa shape index (κ2) is 13.7. The van der Waals surface area contributed by atoms with Gasteiger partial charge in [0, 0.05) is 34.1 Å². The molecule has 0 saturated carbocycles. The summed E-state index contributed by atoms with van der Waals surface area (Å²) in [5.41, 5.74) is 20.7. The van der Waals surface area contributed by atoms with Crippen LogP contribution >= 0.6 is 0 Å². The van der Waals surface area contributed by atoms with E-state index in [0.717, 1.165) is 11.4 Å². The zero-order valence-electron chi connectivity index (χ0n) is 31.3. The van der Waals surface area contributed by atoms with Gasteiger partial charge in [0.15, 0.2) is 0 Å². The maximum absolute atomic E-state index is 2.50. The highest BCUT2D eigenvalue weighted by Crippen LogP contribution is 2.47. The predicted molar refractivity (Wildman–Crippen MR) is 242 cm³/mol. The summed E-state index contributed by atoms with van der Waals surface area (Å²) >= 11 is 0. The fraction of sp³-hybridized carbons (Fsp3) is 0. The van der Waals surface area contributed by atoms with Crippen LogP contribution in [0.4, 0.5) is 34.1 Å². The number of para-hydroxylation sites is 2. The van der Waals surface area contributed by atoms with Gasteiger partial charge in [-0.15, -0.1) is 0 Å². The van der Waals surface area contributed by atoms with Crippen molar-refractivity contribution in [2.45, 2.75) is 0 Å². The Hall–Kier alpha value is -7.36. The zero-order chi connectivity index (χ0) is 37.7. The van der Waals surface area contributed by atoms with Crippen LogP contribution in [-0.2, 0) is 0 Å². The molecule has 2 aliphatic heterocycles. The van der Waals surface area contributed by atoms with E-state index < -0.39 is 0 Å². The maximum Gasteiger partial charge on any atom is 0.252 e. The second-order valence-corrected chi connectivity index (χ2v) is 14.9. The summed E-state index contributed by atoms with van der Waals surface area (Å²) in [5, 5.41) is 0. The van der Waals surface area contributed by atoms with E-state index in [4.69, 9.17) is 0 Å². The molecule has 0 bridgehead atoms. The van der Waals surface area contributed by atoms with E-state index in [2.05, 4.69) is 234 Å². The van der Waals surface area contributed by atoms with E-state index in [9.17, 15) is 0 Å². The lowest BCUT2D eigenvalue weighted by Gasteiger charge is -2.44. The van der Waals surface area contributed by atoms with E-state index in [1.807, 2.05) is 0 Å². The molecule has 9 aromatic carbocycles. The molecule has 2 heterocycles. The Morgan fingerprint density at radius 2 is 0.702 bits per heavy atom. The molecule has 0 saturated heterocycles. The third-order valence-electron chi connectivity index (χ3n) is 11.7. The number of fused-ring (bicyclic) bond motifs is 4. The summed E-state index contributed by atoms with van der Waals surface area (Å²) < 4.78 is 0. The summed E-state index contributed by atoms with van der Waals surface area (Å²) in [6, 6.07) is 82.0. The highest BCUT2D eigenvalue weighted by atomic mass is 15.2. The smallest absolute Gasteiger partial charge is 0.252 e. The Kier molecular flexibility index (Phi) is 7.96. The highest BCUT2D eigenvalue weighted by Gasteiger charge is 2.43. The Labute approximate surface area is 334 Å². The number of rotatable bonds is 6. The lowest BCUT2D eigenvalue weighted by atomic mass is 9.33. The lowest BCUT2D eigenvalue weighted by molar-refractivity contribution is 1.25. The minimum atomic E-state index is 0.0167. The van der Waals surface area contributed by atoms with Gasteiger partial charge in [-0.3, -0.25) is 0 Å². The Morgan fingerprint density at radius 1 is 0.263 bits per heavy atom. The molecule has 0 aliphatic carbocycles. The molecule has 2 aliphatic rings. The van der Waals surface area contributed by atoms with Crippen molar-refractivity contribution in [3.63, 3.8) is 0 Å². The van der Waals surface area contributed by atoms with Crippen molar-refractivity contribution >= 4 is 57.2 Å². The second-order valence-electron chi connectivity index (χ2n) is 14.9. The van der Waals surface area contributed by atoms with Crippen LogP contribution < -0.4 is 26.2 Å². The summed E-state index contributed by atoms with van der Waals surface area (Å²) in [5.74, 6) is 0. The topological polar surface area (TPSA) is 6.48 Å². The standard InChI is InChI=1S/C54H37BN2/c1-6-19-38(20-7-1)44-34-33-43(35-45(44)39-21-8-2-9-22-39)57-50-30-17-16-29-48(50)55-49-36-46(40-23-10-3-11-24-40)47(41-25-12-4-13-26-41)37-53(49)56(42-27-14-5-15-28-42)51-31-18-32-52(57)54(51)55/h1-37H. The first-order chi connectivity index (χ1) is 28.3. The highest BCUT2D eigenvalue weighted by molar-refractivity contribution is 7.00. The minimum absolute atomic E-state index is 0.0167. The Morgan fingerprint density at radius 3 is 1.28 bits per heavy atom. The van der Waals surface area contributed by atoms with Gasteiger partial charge in [-0.05, 0) is 109 Å². The quantitative estimate of drug-likeness (QED) is 0.158. The molecule has 0 fully saturated rings. The van der Waals surface area contributed by atoms with Crippen LogP contribution in [0.15, 0.2) is 224 Å². The lowest BCUT2D eigenvalue weighted by Crippen LogP contribution is -2.61. The van der Waals surface area contributed by atoms with Crippen molar-refractivity contribution < 1.29 is 0 Å². The molecule has 57 heavy (non-hydrogen) atoms. The first-order valence-electron chi connectivity index (χ1n) is 19.7. The molecule has 11 rings (SSSR count). The summed E-state index contributed by atoms with van der Waals surface area (Å²) in [4.78, 5) is 4.99. The molecule has 0 atom stereocenters. The molecule has 0 aromatic heterocycles. The largest absolute Gasteiger partial charge is 0.311 e. The fourth-order valence-corrected chi connectivity index (χ4v) is 9.17. The molecular formula is C54H37BN2. The first-order valence-corrected chi connectivity index (χ1v) is 19.7. The number of anilines is 6. The van der Waals surface area contributed by atoms with Crippen molar-refractivity contribution in [1.29, 1.82) is 0 Å². The van der Waals surface area contributed by atoms with Gasteiger partial charge in [0.1, 0.15) is 0 Å². The van der Waals surface area contributed by atoms with Gasteiger partial charge in [0.2, 0.25) is 0 Å². The van der Waals surface area contributed by atoms with E-state index in [1.54, 1.807) is 0 Å². The van der Waals surface area contributed by atoms with Crippen LogP contribution in [-0.4, -0.2) is 6.71 Å². The van der Waals surface area contributed by atoms with E-state index in [0.29, 0.717) is 0 Å². The van der Waals surface area contributed by atoms with E-state index in [1.165, 1.54) is 83.6 Å². The van der Waals surface area contributed by atoms with Gasteiger partial charge < -0.3 is 9.80 Å². The molecule has 0 unspecified atom stereocenters. The molecule has 9 aromatic rings. The van der Waals surface area contributed by atoms with Crippen molar-refractivity contribution in [2.75, 3.05) is 9.80 Å². The number of hydrogen-bond acceptors (Lipinski definition) is 2. The SMILES string of the molecule is c1ccc(-c2ccc(N3c4ccccc4B4c5cc(-c6ccccc6)c(-c6ccccc6)cc5N(c5ccccc5)c5cccc3c54)cc2-c2ccccc2)cc1. The summed E-state index contributed by atoms with van der Waals surface area (Å²) in [6.45, 7) is 0.0167. The molecule has 0 amide bonds. The molecule has 266 valence electrons. The molecule has 3 heteroatoms. The average Bonchev–Trinajstić information content (AvgIpc) is 3.30. The van der Waals surface area contributed by atoms with Gasteiger partial charge in [-0.2, -0.15) is 0 Å². The van der Waals surface area contributed by atoms with Crippen LogP contribution in [0, 0.1) is 0 Å². The predicted octanol–water partition coefficient (Wildman–Crippen LogP) is 12.4. The monoisotopic (exact) mass is 724 g/mol. The molecular weight excluding hydrogens is 687 g/mol. The van der Waals surface area contributed by atoms with Crippen LogP contribution in [0.25, 0.3) is 44.5 Å². The molecule has 0 N–H and O–H groups in total. The molecule has 0 spiro atoms. The third-order valence-corrected chi connectivity index (χ3v) is 11.7. The van der Waals surface area contributed by atoms with Gasteiger partial charge in [0.25, 0.3) is 6.71 Å². The zero-order valence-corrected chi connectivity index (χ0v) is 31.3. The maximum atomic E-state index is 2.50. The Balaban J connectivity index is 1.19.